The first-order chi connectivity index (χ1) is 26.1. The second-order valence-corrected chi connectivity index (χ2v) is 15.6. The molecule has 0 saturated heterocycles. The van der Waals surface area contributed by atoms with Gasteiger partial charge in [-0.3, -0.25) is 9.59 Å². The first-order valence-electron chi connectivity index (χ1n) is 21.6. The zero-order chi connectivity index (χ0) is 40.0. The van der Waals surface area contributed by atoms with E-state index in [-0.39, 0.29) is 38.6 Å². The number of hydrogen-bond acceptors (Lipinski definition) is 8. The number of carboxylic acids is 1. The molecule has 0 spiro atoms. The molecule has 0 aromatic rings. The Morgan fingerprint density at radius 1 is 0.556 bits per heavy atom. The van der Waals surface area contributed by atoms with Crippen LogP contribution in [0.15, 0.2) is 36.5 Å². The summed E-state index contributed by atoms with van der Waals surface area (Å²) in [7, 11) is 5.89. The molecule has 0 saturated carbocycles. The molecule has 0 aliphatic carbocycles. The van der Waals surface area contributed by atoms with E-state index in [1.165, 1.54) is 57.8 Å². The second kappa shape index (κ2) is 37.4. The van der Waals surface area contributed by atoms with Gasteiger partial charge < -0.3 is 33.3 Å². The summed E-state index contributed by atoms with van der Waals surface area (Å²) >= 11 is 0. The molecular weight excluding hydrogens is 682 g/mol. The van der Waals surface area contributed by atoms with Gasteiger partial charge in [0, 0.05) is 12.8 Å². The maximum Gasteiger partial charge on any atom is 0.306 e. The molecule has 2 unspecified atom stereocenters. The molecular formula is C45H81NO8. The molecule has 0 fully saturated rings. The highest BCUT2D eigenvalue weighted by molar-refractivity contribution is 5.70. The van der Waals surface area contributed by atoms with Gasteiger partial charge in [0.05, 0.1) is 40.3 Å². The summed E-state index contributed by atoms with van der Waals surface area (Å²) in [6.45, 7) is 4.65. The summed E-state index contributed by atoms with van der Waals surface area (Å²) in [6.07, 6.45) is 37.4. The van der Waals surface area contributed by atoms with Crippen molar-refractivity contribution in [3.8, 4) is 0 Å². The number of ether oxygens (including phenoxy) is 4. The summed E-state index contributed by atoms with van der Waals surface area (Å²) in [6, 6.07) is 0. The third-order valence-electron chi connectivity index (χ3n) is 9.11. The Labute approximate surface area is 330 Å². The number of esters is 2. The molecule has 0 radical (unpaired) electrons. The largest absolute Gasteiger partial charge is 0.545 e. The number of likely N-dealkylation sites (N-methyl/N-ethyl adjacent to an activating group) is 1. The van der Waals surface area contributed by atoms with E-state index in [0.717, 1.165) is 83.5 Å². The minimum absolute atomic E-state index is 0.143. The number of unbranched alkanes of at least 4 members (excludes halogenated alkanes) is 18. The molecule has 9 heteroatoms. The smallest absolute Gasteiger partial charge is 0.306 e. The van der Waals surface area contributed by atoms with Crippen LogP contribution in [0, 0.1) is 0 Å². The van der Waals surface area contributed by atoms with E-state index in [2.05, 4.69) is 50.3 Å². The quantitative estimate of drug-likeness (QED) is 0.0200. The summed E-state index contributed by atoms with van der Waals surface area (Å²) in [5.74, 6) is -2.32. The summed E-state index contributed by atoms with van der Waals surface area (Å²) in [5.41, 5.74) is 0. The number of allylic oxidation sites excluding steroid dienone is 6. The van der Waals surface area contributed by atoms with Crippen LogP contribution < -0.4 is 5.11 Å². The van der Waals surface area contributed by atoms with Crippen LogP contribution in [0.3, 0.4) is 0 Å². The van der Waals surface area contributed by atoms with E-state index < -0.39 is 24.3 Å². The van der Waals surface area contributed by atoms with Crippen LogP contribution in [0.4, 0.5) is 0 Å². The first kappa shape index (κ1) is 51.5. The van der Waals surface area contributed by atoms with E-state index in [9.17, 15) is 19.5 Å². The fourth-order valence-corrected chi connectivity index (χ4v) is 5.66. The number of carbonyl (C=O) groups excluding carboxylic acids is 3. The van der Waals surface area contributed by atoms with Crippen molar-refractivity contribution in [1.29, 1.82) is 0 Å². The Morgan fingerprint density at radius 2 is 1.02 bits per heavy atom. The standard InChI is InChI=1S/C45H81NO8/c1-6-8-10-12-14-16-18-20-22-24-25-27-29-31-33-35-42(47)52-39-41(40-53-45(44(49)50)51-38-37-46(3,4)5)54-43(48)36-34-32-30-28-26-23-21-19-17-15-13-11-9-7-2/h13,15,19-22,41,45H,6-12,14,16-18,23-40H2,1-5H3/b15-13-,21-19-,22-20-. The Hall–Kier alpha value is -2.49. The highest BCUT2D eigenvalue weighted by Crippen LogP contribution is 2.13. The van der Waals surface area contributed by atoms with Gasteiger partial charge in [0.1, 0.15) is 13.2 Å². The number of carboxylic acid groups (broad SMARTS) is 1. The molecule has 0 bridgehead atoms. The maximum atomic E-state index is 12.7. The summed E-state index contributed by atoms with van der Waals surface area (Å²) < 4.78 is 22.5. The number of quaternary nitrogens is 1. The Morgan fingerprint density at radius 3 is 1.54 bits per heavy atom. The molecule has 314 valence electrons. The Kier molecular flexibility index (Phi) is 35.7. The van der Waals surface area contributed by atoms with Crippen molar-refractivity contribution in [3.05, 3.63) is 36.5 Å². The average Bonchev–Trinajstić information content (AvgIpc) is 3.12. The third kappa shape index (κ3) is 37.8. The van der Waals surface area contributed by atoms with E-state index in [4.69, 9.17) is 18.9 Å². The number of carbonyl (C=O) groups is 3. The molecule has 0 N–H and O–H groups in total. The predicted molar refractivity (Wildman–Crippen MR) is 219 cm³/mol. The van der Waals surface area contributed by atoms with Gasteiger partial charge in [-0.2, -0.15) is 0 Å². The van der Waals surface area contributed by atoms with Crippen LogP contribution in [0.2, 0.25) is 0 Å². The van der Waals surface area contributed by atoms with Crippen molar-refractivity contribution in [2.75, 3.05) is 47.5 Å². The van der Waals surface area contributed by atoms with Crippen molar-refractivity contribution in [2.24, 2.45) is 0 Å². The lowest BCUT2D eigenvalue weighted by atomic mass is 10.1. The Balaban J connectivity index is 4.50. The molecule has 0 aliphatic heterocycles. The maximum absolute atomic E-state index is 12.7. The topological polar surface area (TPSA) is 111 Å². The minimum atomic E-state index is -1.62. The molecule has 0 aromatic carbocycles. The van der Waals surface area contributed by atoms with Crippen molar-refractivity contribution in [1.82, 2.24) is 0 Å². The highest BCUT2D eigenvalue weighted by atomic mass is 16.7. The van der Waals surface area contributed by atoms with E-state index in [1.807, 2.05) is 21.1 Å². The van der Waals surface area contributed by atoms with Crippen molar-refractivity contribution in [2.45, 2.75) is 187 Å². The number of hydrogen-bond donors (Lipinski definition) is 0. The van der Waals surface area contributed by atoms with E-state index >= 15 is 0 Å². The molecule has 2 atom stereocenters. The molecule has 0 heterocycles. The zero-order valence-electron chi connectivity index (χ0n) is 35.3. The molecule has 0 rings (SSSR count). The lowest BCUT2D eigenvalue weighted by Crippen LogP contribution is -2.44. The lowest BCUT2D eigenvalue weighted by Gasteiger charge is -2.26. The van der Waals surface area contributed by atoms with Crippen LogP contribution in [-0.4, -0.2) is 82.3 Å². The first-order valence-corrected chi connectivity index (χ1v) is 21.6. The fourth-order valence-electron chi connectivity index (χ4n) is 5.66. The normalized spacial score (nSPS) is 13.3. The second-order valence-electron chi connectivity index (χ2n) is 15.6. The highest BCUT2D eigenvalue weighted by Gasteiger charge is 2.21. The minimum Gasteiger partial charge on any atom is -0.545 e. The van der Waals surface area contributed by atoms with Crippen LogP contribution in [0.1, 0.15) is 174 Å². The predicted octanol–water partition coefficient (Wildman–Crippen LogP) is 9.72. The zero-order valence-corrected chi connectivity index (χ0v) is 35.3. The van der Waals surface area contributed by atoms with Crippen LogP contribution in [-0.2, 0) is 33.3 Å². The summed E-state index contributed by atoms with van der Waals surface area (Å²) in [4.78, 5) is 36.9. The number of nitrogens with zero attached hydrogens (tertiary/aromatic N) is 1. The van der Waals surface area contributed by atoms with E-state index in [1.54, 1.807) is 0 Å². The molecule has 0 aliphatic rings. The fraction of sp³-hybridized carbons (Fsp3) is 0.800. The number of rotatable bonds is 39. The third-order valence-corrected chi connectivity index (χ3v) is 9.11. The molecule has 0 amide bonds. The molecule has 0 aromatic heterocycles. The van der Waals surface area contributed by atoms with Gasteiger partial charge in [-0.05, 0) is 64.2 Å². The van der Waals surface area contributed by atoms with Gasteiger partial charge in [-0.15, -0.1) is 0 Å². The van der Waals surface area contributed by atoms with Crippen LogP contribution in [0.5, 0.6) is 0 Å². The van der Waals surface area contributed by atoms with Crippen molar-refractivity contribution >= 4 is 17.9 Å². The molecule has 9 nitrogen and oxygen atoms in total. The molecule has 54 heavy (non-hydrogen) atoms. The van der Waals surface area contributed by atoms with Crippen molar-refractivity contribution < 1.29 is 42.9 Å². The van der Waals surface area contributed by atoms with Crippen LogP contribution >= 0.6 is 0 Å². The van der Waals surface area contributed by atoms with Gasteiger partial charge in [0.2, 0.25) is 0 Å². The Bertz CT molecular complexity index is 987. The van der Waals surface area contributed by atoms with Gasteiger partial charge in [-0.25, -0.2) is 0 Å². The average molecular weight is 764 g/mol. The van der Waals surface area contributed by atoms with Crippen molar-refractivity contribution in [3.63, 3.8) is 0 Å². The van der Waals surface area contributed by atoms with Gasteiger partial charge in [-0.1, -0.05) is 134 Å². The van der Waals surface area contributed by atoms with E-state index in [0.29, 0.717) is 17.4 Å². The SMILES string of the molecule is CCCC/C=C\C/C=C\CCCCCCCC(=O)OC(COC(=O)CCCCCCC/C=C\CCCCCCCC)COC(OCC[N+](C)(C)C)C(=O)[O-]. The van der Waals surface area contributed by atoms with Gasteiger partial charge in [0.25, 0.3) is 0 Å². The van der Waals surface area contributed by atoms with Gasteiger partial charge in [0.15, 0.2) is 12.4 Å². The summed E-state index contributed by atoms with van der Waals surface area (Å²) in [5, 5.41) is 11.7. The van der Waals surface area contributed by atoms with Crippen LogP contribution in [0.25, 0.3) is 0 Å². The monoisotopic (exact) mass is 764 g/mol. The lowest BCUT2D eigenvalue weighted by molar-refractivity contribution is -0.870. The van der Waals surface area contributed by atoms with Gasteiger partial charge >= 0.3 is 11.9 Å². The number of aliphatic carboxylic acids is 1.